The number of nitrogens with zero attached hydrogens (tertiary/aromatic N) is 3. The maximum atomic E-state index is 5.09. The molecule has 0 atom stereocenters. The molecule has 3 nitrogen and oxygen atoms in total. The Morgan fingerprint density at radius 2 is 0.955 bits per heavy atom. The summed E-state index contributed by atoms with van der Waals surface area (Å²) in [5.41, 5.74) is 12.6. The van der Waals surface area contributed by atoms with E-state index in [1.807, 2.05) is 6.20 Å². The van der Waals surface area contributed by atoms with Gasteiger partial charge >= 0.3 is 0 Å². The predicted octanol–water partition coefficient (Wildman–Crippen LogP) is 10.6. The quantitative estimate of drug-likeness (QED) is 0.210. The summed E-state index contributed by atoms with van der Waals surface area (Å²) in [6, 6.07) is 56.2. The first kappa shape index (κ1) is 24.6. The van der Waals surface area contributed by atoms with Gasteiger partial charge in [-0.2, -0.15) is 0 Å². The molecule has 0 saturated carbocycles. The summed E-state index contributed by atoms with van der Waals surface area (Å²) in [6.07, 6.45) is 2.04. The normalized spacial score (nSPS) is 11.6. The van der Waals surface area contributed by atoms with Gasteiger partial charge in [0.1, 0.15) is 0 Å². The van der Waals surface area contributed by atoms with Gasteiger partial charge in [0, 0.05) is 39.3 Å². The molecular formula is C41H27N3. The fourth-order valence-electron chi connectivity index (χ4n) is 6.80. The highest BCUT2D eigenvalue weighted by Gasteiger charge is 2.18. The Hall–Kier alpha value is -5.93. The van der Waals surface area contributed by atoms with E-state index < -0.39 is 0 Å². The number of para-hydroxylation sites is 3. The van der Waals surface area contributed by atoms with Crippen molar-refractivity contribution in [2.24, 2.45) is 0 Å². The highest BCUT2D eigenvalue weighted by molar-refractivity contribution is 6.16. The monoisotopic (exact) mass is 561 g/mol. The summed E-state index contributed by atoms with van der Waals surface area (Å²) in [5, 5.41) is 3.62. The molecule has 3 heteroatoms. The van der Waals surface area contributed by atoms with Crippen LogP contribution in [0.4, 0.5) is 0 Å². The first-order chi connectivity index (χ1) is 21.8. The van der Waals surface area contributed by atoms with E-state index >= 15 is 0 Å². The number of benzene rings is 6. The second-order valence-corrected chi connectivity index (χ2v) is 11.2. The van der Waals surface area contributed by atoms with Crippen LogP contribution < -0.4 is 0 Å². The minimum Gasteiger partial charge on any atom is -0.309 e. The maximum Gasteiger partial charge on any atom is 0.0963 e. The summed E-state index contributed by atoms with van der Waals surface area (Å²) >= 11 is 0. The zero-order valence-corrected chi connectivity index (χ0v) is 23.9. The zero-order valence-electron chi connectivity index (χ0n) is 23.9. The lowest BCUT2D eigenvalue weighted by molar-refractivity contribution is 1.17. The summed E-state index contributed by atoms with van der Waals surface area (Å²) in [4.78, 5) is 5.09. The lowest BCUT2D eigenvalue weighted by Crippen LogP contribution is -1.94. The van der Waals surface area contributed by atoms with E-state index in [0.29, 0.717) is 0 Å². The third-order valence-electron chi connectivity index (χ3n) is 8.76. The van der Waals surface area contributed by atoms with Crippen LogP contribution >= 0.6 is 0 Å². The predicted molar refractivity (Wildman–Crippen MR) is 184 cm³/mol. The van der Waals surface area contributed by atoms with Crippen LogP contribution in [0, 0.1) is 0 Å². The van der Waals surface area contributed by atoms with Gasteiger partial charge in [-0.1, -0.05) is 109 Å². The topological polar surface area (TPSA) is 22.8 Å². The van der Waals surface area contributed by atoms with Gasteiger partial charge in [0.05, 0.1) is 27.6 Å². The molecule has 6 aromatic carbocycles. The first-order valence-electron chi connectivity index (χ1n) is 15.0. The molecule has 0 unspecified atom stereocenters. The van der Waals surface area contributed by atoms with Gasteiger partial charge in [0.25, 0.3) is 0 Å². The molecule has 0 N–H and O–H groups in total. The number of fused-ring (bicyclic) bond motifs is 6. The lowest BCUT2D eigenvalue weighted by atomic mass is 10.0. The molecule has 44 heavy (non-hydrogen) atoms. The fourth-order valence-corrected chi connectivity index (χ4v) is 6.80. The minimum absolute atomic E-state index is 1.02. The Kier molecular flexibility index (Phi) is 5.50. The molecule has 0 spiro atoms. The average molecular weight is 562 g/mol. The first-order valence-corrected chi connectivity index (χ1v) is 15.0. The molecule has 0 fully saturated rings. The van der Waals surface area contributed by atoms with Gasteiger partial charge in [-0.25, -0.2) is 0 Å². The molecule has 0 aliphatic heterocycles. The van der Waals surface area contributed by atoms with E-state index in [0.717, 1.165) is 38.9 Å². The molecule has 206 valence electrons. The van der Waals surface area contributed by atoms with E-state index in [2.05, 4.69) is 167 Å². The van der Waals surface area contributed by atoms with E-state index in [1.54, 1.807) is 0 Å². The Morgan fingerprint density at radius 3 is 1.73 bits per heavy atom. The van der Waals surface area contributed by atoms with Gasteiger partial charge in [-0.15, -0.1) is 0 Å². The molecule has 3 heterocycles. The summed E-state index contributed by atoms with van der Waals surface area (Å²) in [5.74, 6) is 0. The van der Waals surface area contributed by atoms with Crippen LogP contribution in [0.25, 0.3) is 77.4 Å². The van der Waals surface area contributed by atoms with Crippen LogP contribution in [-0.4, -0.2) is 14.1 Å². The molecule has 0 amide bonds. The van der Waals surface area contributed by atoms with E-state index in [9.17, 15) is 0 Å². The van der Waals surface area contributed by atoms with Crippen LogP contribution in [0.1, 0.15) is 0 Å². The fraction of sp³-hybridized carbons (Fsp3) is 0. The van der Waals surface area contributed by atoms with Crippen molar-refractivity contribution in [2.45, 2.75) is 0 Å². The number of hydrogen-bond acceptors (Lipinski definition) is 1. The standard InChI is InChI=1S/C41H27N3/c1-3-12-28(13-4-1)29-22-24-32(25-23-29)43-36-19-9-7-16-34(36)40-33(18-11-21-38(40)43)30-26-39-41(42-27-30)35-17-8-10-20-37(35)44(39)31-14-5-2-6-15-31/h1-27H. The van der Waals surface area contributed by atoms with Crippen molar-refractivity contribution in [2.75, 3.05) is 0 Å². The largest absolute Gasteiger partial charge is 0.309 e. The van der Waals surface area contributed by atoms with Crippen molar-refractivity contribution in [1.82, 2.24) is 14.1 Å². The molecular weight excluding hydrogens is 534 g/mol. The maximum absolute atomic E-state index is 5.09. The van der Waals surface area contributed by atoms with Gasteiger partial charge in [-0.05, 0) is 65.2 Å². The Balaban J connectivity index is 1.28. The van der Waals surface area contributed by atoms with E-state index in [-0.39, 0.29) is 0 Å². The van der Waals surface area contributed by atoms with Crippen molar-refractivity contribution >= 4 is 43.7 Å². The third-order valence-corrected chi connectivity index (χ3v) is 8.76. The Bertz CT molecular complexity index is 2470. The van der Waals surface area contributed by atoms with Crippen molar-refractivity contribution in [1.29, 1.82) is 0 Å². The van der Waals surface area contributed by atoms with Crippen molar-refractivity contribution in [3.05, 3.63) is 164 Å². The Morgan fingerprint density at radius 1 is 0.386 bits per heavy atom. The van der Waals surface area contributed by atoms with Crippen molar-refractivity contribution in [3.8, 4) is 33.6 Å². The van der Waals surface area contributed by atoms with E-state index in [1.165, 1.54) is 38.5 Å². The van der Waals surface area contributed by atoms with Gasteiger partial charge in [0.2, 0.25) is 0 Å². The highest BCUT2D eigenvalue weighted by atomic mass is 15.0. The summed E-state index contributed by atoms with van der Waals surface area (Å²) in [6.45, 7) is 0. The summed E-state index contributed by atoms with van der Waals surface area (Å²) in [7, 11) is 0. The molecule has 3 aromatic heterocycles. The number of hydrogen-bond donors (Lipinski definition) is 0. The molecule has 9 rings (SSSR count). The molecule has 0 aliphatic rings. The molecule has 0 bridgehead atoms. The van der Waals surface area contributed by atoms with Crippen LogP contribution in [-0.2, 0) is 0 Å². The molecule has 9 aromatic rings. The van der Waals surface area contributed by atoms with Crippen molar-refractivity contribution < 1.29 is 0 Å². The van der Waals surface area contributed by atoms with Crippen molar-refractivity contribution in [3.63, 3.8) is 0 Å². The minimum atomic E-state index is 1.02. The zero-order chi connectivity index (χ0) is 29.0. The average Bonchev–Trinajstić information content (AvgIpc) is 3.62. The van der Waals surface area contributed by atoms with E-state index in [4.69, 9.17) is 4.98 Å². The molecule has 0 saturated heterocycles. The van der Waals surface area contributed by atoms with Crippen LogP contribution in [0.2, 0.25) is 0 Å². The van der Waals surface area contributed by atoms with Crippen LogP contribution in [0.5, 0.6) is 0 Å². The number of aromatic nitrogens is 3. The third kappa shape index (κ3) is 3.73. The SMILES string of the molecule is c1ccc(-c2ccc(-n3c4ccccc4c4c(-c5cnc6c7ccccc7n(-c7ccccc7)c6c5)cccc43)cc2)cc1. The Labute approximate surface area is 254 Å². The van der Waals surface area contributed by atoms with Crippen LogP contribution in [0.15, 0.2) is 164 Å². The lowest BCUT2D eigenvalue weighted by Gasteiger charge is -2.11. The number of pyridine rings is 1. The second kappa shape index (κ2) is 9.82. The molecule has 0 radical (unpaired) electrons. The highest BCUT2D eigenvalue weighted by Crippen LogP contribution is 2.40. The smallest absolute Gasteiger partial charge is 0.0963 e. The van der Waals surface area contributed by atoms with Gasteiger partial charge < -0.3 is 9.13 Å². The van der Waals surface area contributed by atoms with Gasteiger partial charge in [-0.3, -0.25) is 4.98 Å². The number of rotatable bonds is 4. The summed E-state index contributed by atoms with van der Waals surface area (Å²) < 4.78 is 4.72. The molecule has 0 aliphatic carbocycles. The second-order valence-electron chi connectivity index (χ2n) is 11.2. The van der Waals surface area contributed by atoms with Gasteiger partial charge in [0.15, 0.2) is 0 Å². The van der Waals surface area contributed by atoms with Crippen LogP contribution in [0.3, 0.4) is 0 Å².